The fraction of sp³-hybridized carbons (Fsp3) is 0.407. The molecule has 0 fully saturated rings. The minimum atomic E-state index is -0.786. The van der Waals surface area contributed by atoms with E-state index in [1.807, 2.05) is 61.0 Å². The zero-order valence-electron chi connectivity index (χ0n) is 20.9. The van der Waals surface area contributed by atoms with Gasteiger partial charge in [0.15, 0.2) is 0 Å². The lowest BCUT2D eigenvalue weighted by Crippen LogP contribution is -2.24. The molecule has 1 N–H and O–H groups in total. The van der Waals surface area contributed by atoms with Crippen LogP contribution in [0.3, 0.4) is 0 Å². The Bertz CT molecular complexity index is 1080. The first-order valence-corrected chi connectivity index (χ1v) is 11.8. The van der Waals surface area contributed by atoms with E-state index < -0.39 is 18.5 Å². The summed E-state index contributed by atoms with van der Waals surface area (Å²) in [7, 11) is 1.63. The van der Waals surface area contributed by atoms with E-state index in [1.54, 1.807) is 21.0 Å². The second-order valence-corrected chi connectivity index (χ2v) is 8.34. The molecule has 0 aliphatic rings. The lowest BCUT2D eigenvalue weighted by Gasteiger charge is -2.19. The molecule has 35 heavy (non-hydrogen) atoms. The Morgan fingerprint density at radius 1 is 1.06 bits per heavy atom. The number of carbonyl (C=O) groups is 1. The summed E-state index contributed by atoms with van der Waals surface area (Å²) >= 11 is 0. The number of methoxy groups -OCH3 is 1. The number of aliphatic hydroxyl groups is 1. The third-order valence-corrected chi connectivity index (χ3v) is 5.53. The summed E-state index contributed by atoms with van der Waals surface area (Å²) in [6, 6.07) is 17.7. The predicted molar refractivity (Wildman–Crippen MR) is 133 cm³/mol. The number of hydrogen-bond donors (Lipinski definition) is 1. The van der Waals surface area contributed by atoms with Crippen LogP contribution in [0.25, 0.3) is 16.9 Å². The molecular formula is C27H34N2O6. The largest absolute Gasteiger partial charge is 0.510 e. The van der Waals surface area contributed by atoms with Gasteiger partial charge in [-0.3, -0.25) is 0 Å². The molecule has 0 amide bonds. The van der Waals surface area contributed by atoms with Crippen LogP contribution in [0.5, 0.6) is 5.75 Å². The Hall–Kier alpha value is -3.36. The van der Waals surface area contributed by atoms with Gasteiger partial charge in [0.25, 0.3) is 0 Å². The third-order valence-electron chi connectivity index (χ3n) is 5.53. The molecule has 1 aromatic heterocycles. The molecule has 3 rings (SSSR count). The van der Waals surface area contributed by atoms with Crippen molar-refractivity contribution in [3.8, 4) is 22.7 Å². The van der Waals surface area contributed by atoms with Crippen molar-refractivity contribution < 1.29 is 28.8 Å². The van der Waals surface area contributed by atoms with E-state index in [1.165, 1.54) is 5.56 Å². The lowest BCUT2D eigenvalue weighted by atomic mass is 10.1. The summed E-state index contributed by atoms with van der Waals surface area (Å²) in [6.07, 6.45) is -1.56. The number of carbonyl (C=O) groups excluding carboxylic acids is 1. The lowest BCUT2D eigenvalue weighted by molar-refractivity contribution is -0.138. The summed E-state index contributed by atoms with van der Waals surface area (Å²) in [5.74, 6) is 0.758. The van der Waals surface area contributed by atoms with Crippen LogP contribution >= 0.6 is 0 Å². The SMILES string of the molecule is CCOC(=O)OC(C)OC(C)CCC(O)c1cc(-c2ccc(C)cc2)n(-c2ccc(OC)cc2)n1. The highest BCUT2D eigenvalue weighted by Gasteiger charge is 2.20. The molecular weight excluding hydrogens is 448 g/mol. The molecule has 0 saturated heterocycles. The van der Waals surface area contributed by atoms with Crippen molar-refractivity contribution in [2.75, 3.05) is 13.7 Å². The highest BCUT2D eigenvalue weighted by molar-refractivity contribution is 5.63. The van der Waals surface area contributed by atoms with Gasteiger partial charge in [0.2, 0.25) is 6.29 Å². The topological polar surface area (TPSA) is 92.0 Å². The van der Waals surface area contributed by atoms with E-state index in [9.17, 15) is 9.90 Å². The minimum absolute atomic E-state index is 0.237. The van der Waals surface area contributed by atoms with Gasteiger partial charge in [-0.25, -0.2) is 9.48 Å². The van der Waals surface area contributed by atoms with Gasteiger partial charge < -0.3 is 24.1 Å². The number of hydrogen-bond acceptors (Lipinski definition) is 7. The Morgan fingerprint density at radius 2 is 1.74 bits per heavy atom. The summed E-state index contributed by atoms with van der Waals surface area (Å²) in [6.45, 7) is 7.49. The molecule has 3 atom stereocenters. The van der Waals surface area contributed by atoms with E-state index in [2.05, 4.69) is 12.1 Å². The van der Waals surface area contributed by atoms with Gasteiger partial charge in [-0.1, -0.05) is 29.8 Å². The molecule has 8 nitrogen and oxygen atoms in total. The monoisotopic (exact) mass is 482 g/mol. The maximum atomic E-state index is 11.4. The number of benzene rings is 2. The average molecular weight is 483 g/mol. The first-order valence-electron chi connectivity index (χ1n) is 11.8. The van der Waals surface area contributed by atoms with Crippen molar-refractivity contribution in [3.05, 3.63) is 65.9 Å². The van der Waals surface area contributed by atoms with Crippen LogP contribution in [0.2, 0.25) is 0 Å². The smallest absolute Gasteiger partial charge is 0.497 e. The second kappa shape index (κ2) is 12.4. The van der Waals surface area contributed by atoms with E-state index in [0.29, 0.717) is 18.5 Å². The summed E-state index contributed by atoms with van der Waals surface area (Å²) in [5.41, 5.74) is 4.48. The fourth-order valence-electron chi connectivity index (χ4n) is 3.66. The van der Waals surface area contributed by atoms with Crippen molar-refractivity contribution >= 4 is 6.16 Å². The van der Waals surface area contributed by atoms with Crippen molar-refractivity contribution in [1.82, 2.24) is 9.78 Å². The van der Waals surface area contributed by atoms with Crippen LogP contribution in [-0.4, -0.2) is 47.2 Å². The van der Waals surface area contributed by atoms with Gasteiger partial charge in [-0.05, 0) is 70.9 Å². The van der Waals surface area contributed by atoms with Crippen LogP contribution < -0.4 is 4.74 Å². The van der Waals surface area contributed by atoms with Crippen LogP contribution in [0.1, 0.15) is 51.0 Å². The zero-order chi connectivity index (χ0) is 25.4. The van der Waals surface area contributed by atoms with E-state index in [0.717, 1.165) is 22.7 Å². The van der Waals surface area contributed by atoms with Gasteiger partial charge in [-0.15, -0.1) is 0 Å². The standard InChI is InChI=1S/C27H34N2O6/c1-6-33-27(31)35-20(4)34-19(3)9-16-26(30)24-17-25(21-10-7-18(2)8-11-21)29(28-24)22-12-14-23(32-5)15-13-22/h7-8,10-15,17,19-20,26,30H,6,9,16H2,1-5H3. The van der Waals surface area contributed by atoms with Crippen LogP contribution in [0.4, 0.5) is 4.79 Å². The highest BCUT2D eigenvalue weighted by atomic mass is 16.8. The number of aliphatic hydroxyl groups excluding tert-OH is 1. The molecule has 188 valence electrons. The molecule has 3 aromatic rings. The molecule has 2 aromatic carbocycles. The van der Waals surface area contributed by atoms with Gasteiger partial charge in [-0.2, -0.15) is 5.10 Å². The maximum absolute atomic E-state index is 11.4. The number of ether oxygens (including phenoxy) is 4. The van der Waals surface area contributed by atoms with E-state index in [4.69, 9.17) is 24.0 Å². The predicted octanol–water partition coefficient (Wildman–Crippen LogP) is 5.59. The molecule has 0 aliphatic heterocycles. The summed E-state index contributed by atoms with van der Waals surface area (Å²) < 4.78 is 22.6. The highest BCUT2D eigenvalue weighted by Crippen LogP contribution is 2.29. The van der Waals surface area contributed by atoms with Gasteiger partial charge >= 0.3 is 6.16 Å². The Kier molecular flexibility index (Phi) is 9.28. The molecule has 8 heteroatoms. The molecule has 0 bridgehead atoms. The number of aryl methyl sites for hydroxylation is 1. The maximum Gasteiger partial charge on any atom is 0.510 e. The van der Waals surface area contributed by atoms with Crippen LogP contribution in [0, 0.1) is 6.92 Å². The van der Waals surface area contributed by atoms with Crippen LogP contribution in [0.15, 0.2) is 54.6 Å². The molecule has 0 spiro atoms. The van der Waals surface area contributed by atoms with Crippen molar-refractivity contribution in [1.29, 1.82) is 0 Å². The average Bonchev–Trinajstić information content (AvgIpc) is 3.28. The van der Waals surface area contributed by atoms with Crippen LogP contribution in [-0.2, 0) is 14.2 Å². The summed E-state index contributed by atoms with van der Waals surface area (Å²) in [5, 5.41) is 15.7. The van der Waals surface area contributed by atoms with E-state index >= 15 is 0 Å². The first kappa shape index (κ1) is 26.2. The quantitative estimate of drug-likeness (QED) is 0.281. The van der Waals surface area contributed by atoms with Gasteiger partial charge in [0.1, 0.15) is 5.75 Å². The Balaban J connectivity index is 1.73. The second-order valence-electron chi connectivity index (χ2n) is 8.34. The molecule has 0 aliphatic carbocycles. The minimum Gasteiger partial charge on any atom is -0.497 e. The van der Waals surface area contributed by atoms with E-state index in [-0.39, 0.29) is 12.7 Å². The molecule has 0 saturated carbocycles. The third kappa shape index (κ3) is 7.31. The number of aromatic nitrogens is 2. The fourth-order valence-corrected chi connectivity index (χ4v) is 3.66. The number of rotatable bonds is 11. The zero-order valence-corrected chi connectivity index (χ0v) is 20.9. The molecule has 0 radical (unpaired) electrons. The number of nitrogens with zero attached hydrogens (tertiary/aromatic N) is 2. The Labute approximate surface area is 206 Å². The van der Waals surface area contributed by atoms with Gasteiger partial charge in [0.05, 0.1) is 43.0 Å². The van der Waals surface area contributed by atoms with Crippen molar-refractivity contribution in [3.63, 3.8) is 0 Å². The first-order chi connectivity index (χ1) is 16.8. The van der Waals surface area contributed by atoms with Crippen molar-refractivity contribution in [2.24, 2.45) is 0 Å². The normalized spacial score (nSPS) is 13.7. The Morgan fingerprint density at radius 3 is 2.37 bits per heavy atom. The molecule has 1 heterocycles. The van der Waals surface area contributed by atoms with Crippen molar-refractivity contribution in [2.45, 2.75) is 59.0 Å². The van der Waals surface area contributed by atoms with Gasteiger partial charge in [0, 0.05) is 5.56 Å². The summed E-state index contributed by atoms with van der Waals surface area (Å²) in [4.78, 5) is 11.4. The molecule has 3 unspecified atom stereocenters.